The predicted octanol–water partition coefficient (Wildman–Crippen LogP) is 7.65. The summed E-state index contributed by atoms with van der Waals surface area (Å²) >= 11 is 0. The summed E-state index contributed by atoms with van der Waals surface area (Å²) in [5.41, 5.74) is 3.44. The first kappa shape index (κ1) is 51.6. The van der Waals surface area contributed by atoms with E-state index in [0.717, 1.165) is 27.8 Å². The van der Waals surface area contributed by atoms with Crippen molar-refractivity contribution in [1.29, 1.82) is 0 Å². The second-order valence-corrected chi connectivity index (χ2v) is 21.4. The molecule has 9 rings (SSSR count). The molecule has 2 heterocycles. The molecule has 0 radical (unpaired) electrons. The zero-order chi connectivity index (χ0) is 53.1. The largest absolute Gasteiger partial charge is 0.497 e. The lowest BCUT2D eigenvalue weighted by Crippen LogP contribution is -2.58. The number of alkyl carbamates (subject to hydrolysis) is 2. The van der Waals surface area contributed by atoms with Gasteiger partial charge in [-0.25, -0.2) is 27.7 Å². The average Bonchev–Trinajstić information content (AvgIpc) is 3.80. The van der Waals surface area contributed by atoms with Crippen LogP contribution in [0.2, 0.25) is 0 Å². The number of methoxy groups -OCH3 is 1. The Morgan fingerprint density at radius 3 is 2.15 bits per heavy atom. The maximum absolute atomic E-state index is 15.1. The summed E-state index contributed by atoms with van der Waals surface area (Å²) in [6.45, 7) is 8.53. The van der Waals surface area contributed by atoms with Crippen LogP contribution in [0.1, 0.15) is 57.1 Å². The molecule has 4 N–H and O–H groups in total. The number of nitrogens with one attached hydrogen (secondary N) is 4. The summed E-state index contributed by atoms with van der Waals surface area (Å²) < 4.78 is 52.5. The van der Waals surface area contributed by atoms with Crippen molar-refractivity contribution in [3.8, 4) is 33.9 Å². The molecular weight excluding hydrogens is 977 g/mol. The molecule has 1 aromatic heterocycles. The van der Waals surface area contributed by atoms with E-state index in [-0.39, 0.29) is 49.8 Å². The second kappa shape index (κ2) is 21.3. The molecule has 0 bridgehead atoms. The number of sulfonamides is 1. The van der Waals surface area contributed by atoms with E-state index in [1.165, 1.54) is 35.2 Å². The van der Waals surface area contributed by atoms with E-state index in [2.05, 4.69) is 27.3 Å². The fraction of sp³-hybridized carbons (Fsp3) is 0.298. The van der Waals surface area contributed by atoms with Crippen LogP contribution in [-0.2, 0) is 33.9 Å². The lowest BCUT2D eigenvalue weighted by molar-refractivity contribution is -0.141. The third kappa shape index (κ3) is 11.3. The Balaban J connectivity index is 0.988. The summed E-state index contributed by atoms with van der Waals surface area (Å²) in [6, 6.07) is 37.1. The number of hydrogen-bond acceptors (Lipinski definition) is 12. The van der Waals surface area contributed by atoms with Crippen molar-refractivity contribution in [2.45, 2.75) is 80.2 Å². The minimum atomic E-state index is -4.36. The highest BCUT2D eigenvalue weighted by atomic mass is 32.2. The van der Waals surface area contributed by atoms with E-state index in [1.54, 1.807) is 58.2 Å². The third-order valence-electron chi connectivity index (χ3n) is 13.6. The monoisotopic (exact) mass is 1030 g/mol. The third-order valence-corrected chi connectivity index (χ3v) is 14.9. The lowest BCUT2D eigenvalue weighted by Gasteiger charge is -2.30. The van der Waals surface area contributed by atoms with Gasteiger partial charge in [0, 0.05) is 47.9 Å². The van der Waals surface area contributed by atoms with Crippen LogP contribution in [-0.4, -0.2) is 104 Å². The van der Waals surface area contributed by atoms with Gasteiger partial charge in [-0.3, -0.25) is 14.4 Å². The normalized spacial score (nSPS) is 19.1. The van der Waals surface area contributed by atoms with Crippen LogP contribution in [0, 0.1) is 5.92 Å². The quantitative estimate of drug-likeness (QED) is 0.0648. The van der Waals surface area contributed by atoms with Gasteiger partial charge in [0.25, 0.3) is 15.9 Å². The Labute approximate surface area is 435 Å². The van der Waals surface area contributed by atoms with Crippen LogP contribution in [0.3, 0.4) is 0 Å². The van der Waals surface area contributed by atoms with Crippen molar-refractivity contribution in [1.82, 2.24) is 30.6 Å². The molecular formula is C57H58N6O11S. The first-order valence-corrected chi connectivity index (χ1v) is 26.1. The van der Waals surface area contributed by atoms with Crippen LogP contribution in [0.4, 0.5) is 9.59 Å². The number of pyridine rings is 1. The van der Waals surface area contributed by atoms with Gasteiger partial charge in [-0.05, 0) is 80.1 Å². The second-order valence-electron chi connectivity index (χ2n) is 19.7. The predicted molar refractivity (Wildman–Crippen MR) is 280 cm³/mol. The Morgan fingerprint density at radius 2 is 1.51 bits per heavy atom. The van der Waals surface area contributed by atoms with Crippen molar-refractivity contribution in [3.05, 3.63) is 157 Å². The number of rotatable bonds is 17. The summed E-state index contributed by atoms with van der Waals surface area (Å²) in [4.78, 5) is 76.9. The van der Waals surface area contributed by atoms with E-state index >= 15 is 4.79 Å². The number of aromatic nitrogens is 1. The maximum Gasteiger partial charge on any atom is 0.408 e. The van der Waals surface area contributed by atoms with Crippen molar-refractivity contribution in [3.63, 3.8) is 0 Å². The van der Waals surface area contributed by atoms with Gasteiger partial charge in [-0.1, -0.05) is 103 Å². The molecule has 3 aliphatic rings. The number of fused-ring (bicyclic) bond motifs is 4. The Bertz CT molecular complexity index is 3230. The molecule has 6 aromatic rings. The average molecular weight is 1040 g/mol. The molecule has 0 spiro atoms. The number of carbonyl (C=O) groups excluding carboxylic acids is 5. The van der Waals surface area contributed by atoms with Gasteiger partial charge in [-0.15, -0.1) is 6.58 Å². The molecule has 1 saturated carbocycles. The zero-order valence-electron chi connectivity index (χ0n) is 41.9. The van der Waals surface area contributed by atoms with Crippen molar-refractivity contribution < 1.29 is 51.3 Å². The van der Waals surface area contributed by atoms with E-state index in [1.807, 2.05) is 78.9 Å². The topological polar surface area (TPSA) is 221 Å². The SMILES string of the molecule is C=C[C@@H]1C[C@]1(NC(=O)[C@@H]1C[C@@H](Oc2cc(-c3ccccc3)nc3cc(OC)ccc23)CN1C(=O)C(CCNC(=O)OCC1c2ccccc2-c2ccccc21)NC(=O)OC(C)(C)C)C(=O)NS(=O)(=O)c1ccccc1. The van der Waals surface area contributed by atoms with Gasteiger partial charge in [0.05, 0.1) is 29.8 Å². The highest BCUT2D eigenvalue weighted by Gasteiger charge is 2.61. The molecule has 2 aliphatic carbocycles. The van der Waals surface area contributed by atoms with Gasteiger partial charge in [-0.2, -0.15) is 0 Å². The number of likely N-dealkylation sites (tertiary alicyclic amines) is 1. The first-order valence-electron chi connectivity index (χ1n) is 24.6. The Hall–Kier alpha value is -8.25. The maximum atomic E-state index is 15.1. The van der Waals surface area contributed by atoms with Crippen LogP contribution in [0.25, 0.3) is 33.3 Å². The number of hydrogen-bond donors (Lipinski definition) is 4. The fourth-order valence-electron chi connectivity index (χ4n) is 9.80. The highest BCUT2D eigenvalue weighted by Crippen LogP contribution is 2.46. The molecule has 75 heavy (non-hydrogen) atoms. The van der Waals surface area contributed by atoms with Crippen LogP contribution in [0.15, 0.2) is 151 Å². The summed E-state index contributed by atoms with van der Waals surface area (Å²) in [5.74, 6) is -2.40. The summed E-state index contributed by atoms with van der Waals surface area (Å²) in [7, 11) is -2.81. The molecule has 5 amide bonds. The van der Waals surface area contributed by atoms with Gasteiger partial charge in [0.2, 0.25) is 11.8 Å². The number of nitrogens with zero attached hydrogens (tertiary/aromatic N) is 2. The molecule has 1 saturated heterocycles. The van der Waals surface area contributed by atoms with Gasteiger partial charge in [0.1, 0.15) is 47.4 Å². The molecule has 17 nitrogen and oxygen atoms in total. The molecule has 5 aromatic carbocycles. The number of ether oxygens (including phenoxy) is 4. The molecule has 1 aliphatic heterocycles. The molecule has 1 unspecified atom stereocenters. The van der Waals surface area contributed by atoms with Crippen molar-refractivity contribution in [2.24, 2.45) is 5.92 Å². The van der Waals surface area contributed by atoms with Crippen LogP contribution in [0.5, 0.6) is 11.5 Å². The van der Waals surface area contributed by atoms with Crippen molar-refractivity contribution >= 4 is 50.8 Å². The fourth-order valence-corrected chi connectivity index (χ4v) is 10.9. The smallest absolute Gasteiger partial charge is 0.408 e. The van der Waals surface area contributed by atoms with E-state index in [9.17, 15) is 27.6 Å². The number of amides is 5. The van der Waals surface area contributed by atoms with E-state index in [4.69, 9.17) is 23.9 Å². The molecule has 5 atom stereocenters. The highest BCUT2D eigenvalue weighted by molar-refractivity contribution is 7.90. The molecule has 388 valence electrons. The Kier molecular flexibility index (Phi) is 14.7. The Morgan fingerprint density at radius 1 is 0.853 bits per heavy atom. The van der Waals surface area contributed by atoms with Crippen molar-refractivity contribution in [2.75, 3.05) is 26.8 Å². The number of benzene rings is 5. The van der Waals surface area contributed by atoms with E-state index < -0.39 is 75.2 Å². The molecule has 2 fully saturated rings. The molecule has 18 heteroatoms. The van der Waals surface area contributed by atoms with Gasteiger partial charge >= 0.3 is 12.2 Å². The minimum absolute atomic E-state index is 0.0259. The van der Waals surface area contributed by atoms with E-state index in [0.29, 0.717) is 28.1 Å². The van der Waals surface area contributed by atoms with Gasteiger partial charge < -0.3 is 39.8 Å². The van der Waals surface area contributed by atoms with Crippen LogP contribution >= 0.6 is 0 Å². The lowest BCUT2D eigenvalue weighted by atomic mass is 9.98. The zero-order valence-corrected chi connectivity index (χ0v) is 42.7. The summed E-state index contributed by atoms with van der Waals surface area (Å²) in [6.07, 6.45) is -1.33. The van der Waals surface area contributed by atoms with Gasteiger partial charge in [0.15, 0.2) is 0 Å². The first-order chi connectivity index (χ1) is 36.0. The standard InChI is InChI=1S/C57H58N6O11S/c1-6-36-32-57(36,53(66)62-75(69,70)39-19-11-8-12-20-39)61-51(64)49-30-38(73-50-31-47(35-17-9-7-10-18-35)59-48-29-37(71-5)25-26-44(48)50)33-63(49)52(65)46(60-55(68)74-56(2,3)4)27-28-58-54(67)72-34-45-42-23-15-13-21-40(42)41-22-14-16-24-43(41)45/h6-26,29,31,36,38,45-46,49H,1,27-28,30,32-34H2,2-5H3,(H,58,67)(H,60,68)(H,61,64)(H,62,66)/t36-,38-,46?,49+,57-/m1/s1. The minimum Gasteiger partial charge on any atom is -0.497 e. The van der Waals surface area contributed by atoms with Crippen LogP contribution < -0.4 is 30.1 Å². The number of carbonyl (C=O) groups is 5. The summed E-state index contributed by atoms with van der Waals surface area (Å²) in [5, 5.41) is 8.80.